The van der Waals surface area contributed by atoms with E-state index >= 15 is 0 Å². The predicted molar refractivity (Wildman–Crippen MR) is 139 cm³/mol. The van der Waals surface area contributed by atoms with Crippen molar-refractivity contribution < 1.29 is 4.79 Å². The van der Waals surface area contributed by atoms with Crippen LogP contribution in [0.1, 0.15) is 37.8 Å². The lowest BCUT2D eigenvalue weighted by Crippen LogP contribution is -2.31. The normalized spacial score (nSPS) is 19.4. The summed E-state index contributed by atoms with van der Waals surface area (Å²) in [5, 5.41) is 8.92. The summed E-state index contributed by atoms with van der Waals surface area (Å²) in [6.07, 6.45) is 8.40. The molecule has 0 saturated carbocycles. The quantitative estimate of drug-likeness (QED) is 0.409. The SMILES string of the molecule is CC1CC(=O)NN=C1c1ccc2[nH]c(-c3cc(-c4cnn(C5CCN(C)CC5)c4)cnc3N)nc2c1. The minimum atomic E-state index is -0.0610. The lowest BCUT2D eigenvalue weighted by molar-refractivity contribution is -0.121. The van der Waals surface area contributed by atoms with Crippen molar-refractivity contribution in [1.29, 1.82) is 0 Å². The molecule has 36 heavy (non-hydrogen) atoms. The van der Waals surface area contributed by atoms with Crippen molar-refractivity contribution in [2.24, 2.45) is 11.0 Å². The third-order valence-corrected chi connectivity index (χ3v) is 7.21. The van der Waals surface area contributed by atoms with Crippen LogP contribution in [0.2, 0.25) is 0 Å². The number of anilines is 1. The lowest BCUT2D eigenvalue weighted by atomic mass is 9.94. The number of nitrogens with zero attached hydrogens (tertiary/aromatic N) is 6. The van der Waals surface area contributed by atoms with Crippen molar-refractivity contribution in [1.82, 2.24) is 35.1 Å². The molecule has 5 heterocycles. The van der Waals surface area contributed by atoms with E-state index in [1.807, 2.05) is 37.4 Å². The summed E-state index contributed by atoms with van der Waals surface area (Å²) in [4.78, 5) is 26.6. The van der Waals surface area contributed by atoms with E-state index in [-0.39, 0.29) is 11.8 Å². The second kappa shape index (κ2) is 8.87. The first kappa shape index (κ1) is 22.4. The van der Waals surface area contributed by atoms with Gasteiger partial charge in [-0.15, -0.1) is 0 Å². The van der Waals surface area contributed by atoms with Crippen LogP contribution in [0, 0.1) is 5.92 Å². The molecule has 4 N–H and O–H groups in total. The highest BCUT2D eigenvalue weighted by atomic mass is 16.2. The van der Waals surface area contributed by atoms with Gasteiger partial charge in [-0.3, -0.25) is 9.48 Å². The van der Waals surface area contributed by atoms with Crippen LogP contribution in [0.4, 0.5) is 5.82 Å². The van der Waals surface area contributed by atoms with Crippen molar-refractivity contribution in [3.05, 3.63) is 48.4 Å². The van der Waals surface area contributed by atoms with Gasteiger partial charge in [0.05, 0.1) is 34.5 Å². The first-order valence-corrected chi connectivity index (χ1v) is 12.3. The van der Waals surface area contributed by atoms with E-state index in [1.54, 1.807) is 6.20 Å². The fourth-order valence-corrected chi connectivity index (χ4v) is 5.06. The molecule has 1 atom stereocenters. The molecule has 2 aliphatic rings. The number of H-pyrrole nitrogens is 1. The number of benzene rings is 1. The zero-order chi connectivity index (χ0) is 24.8. The number of fused-ring (bicyclic) bond motifs is 1. The maximum Gasteiger partial charge on any atom is 0.240 e. The molecule has 1 unspecified atom stereocenters. The van der Waals surface area contributed by atoms with Crippen LogP contribution >= 0.6 is 0 Å². The van der Waals surface area contributed by atoms with Crippen LogP contribution in [0.15, 0.2) is 48.0 Å². The number of aromatic nitrogens is 5. The van der Waals surface area contributed by atoms with Crippen molar-refractivity contribution >= 4 is 28.5 Å². The fourth-order valence-electron chi connectivity index (χ4n) is 5.06. The number of piperidine rings is 1. The zero-order valence-corrected chi connectivity index (χ0v) is 20.4. The van der Waals surface area contributed by atoms with Gasteiger partial charge < -0.3 is 15.6 Å². The zero-order valence-electron chi connectivity index (χ0n) is 20.4. The number of nitrogen functional groups attached to an aromatic ring is 1. The van der Waals surface area contributed by atoms with E-state index in [0.29, 0.717) is 24.1 Å². The van der Waals surface area contributed by atoms with Crippen LogP contribution in [0.25, 0.3) is 33.5 Å². The van der Waals surface area contributed by atoms with Crippen molar-refractivity contribution in [3.63, 3.8) is 0 Å². The lowest BCUT2D eigenvalue weighted by Gasteiger charge is -2.28. The fraction of sp³-hybridized carbons (Fsp3) is 0.346. The van der Waals surface area contributed by atoms with Gasteiger partial charge in [-0.05, 0) is 51.2 Å². The van der Waals surface area contributed by atoms with Gasteiger partial charge in [0, 0.05) is 41.4 Å². The van der Waals surface area contributed by atoms with E-state index < -0.39 is 0 Å². The second-order valence-corrected chi connectivity index (χ2v) is 9.85. The summed E-state index contributed by atoms with van der Waals surface area (Å²) in [6, 6.07) is 8.39. The molecular weight excluding hydrogens is 454 g/mol. The van der Waals surface area contributed by atoms with Crippen LogP contribution in [0.3, 0.4) is 0 Å². The Morgan fingerprint density at radius 1 is 1.08 bits per heavy atom. The minimum Gasteiger partial charge on any atom is -0.383 e. The number of carbonyl (C=O) groups is 1. The molecule has 10 heteroatoms. The maximum atomic E-state index is 11.6. The van der Waals surface area contributed by atoms with Crippen LogP contribution in [-0.2, 0) is 4.79 Å². The Morgan fingerprint density at radius 3 is 2.72 bits per heavy atom. The minimum absolute atomic E-state index is 0.0431. The van der Waals surface area contributed by atoms with E-state index in [4.69, 9.17) is 10.7 Å². The van der Waals surface area contributed by atoms with Gasteiger partial charge in [-0.2, -0.15) is 10.2 Å². The van der Waals surface area contributed by atoms with Crippen LogP contribution < -0.4 is 11.2 Å². The van der Waals surface area contributed by atoms with Gasteiger partial charge in [0.25, 0.3) is 0 Å². The third kappa shape index (κ3) is 4.13. The molecule has 10 nitrogen and oxygen atoms in total. The van der Waals surface area contributed by atoms with E-state index in [2.05, 4.69) is 48.4 Å². The van der Waals surface area contributed by atoms with Gasteiger partial charge in [0.2, 0.25) is 5.91 Å². The Balaban J connectivity index is 1.30. The van der Waals surface area contributed by atoms with E-state index in [1.165, 1.54) is 0 Å². The summed E-state index contributed by atoms with van der Waals surface area (Å²) >= 11 is 0. The standard InChI is InChI=1S/C26H29N9O/c1-15-9-23(36)32-33-24(15)16-3-4-21-22(11-16)31-26(30-21)20-10-17(12-28-25(20)27)18-13-29-35(14-18)19-5-7-34(2)8-6-19/h3-4,10-15,19H,5-9H2,1-2H3,(H2,27,28)(H,30,31)(H,32,36). The molecule has 0 spiro atoms. The van der Waals surface area contributed by atoms with Gasteiger partial charge in [-0.25, -0.2) is 15.4 Å². The number of nitrogens with two attached hydrogens (primary N) is 1. The van der Waals surface area contributed by atoms with E-state index in [0.717, 1.165) is 64.9 Å². The number of imidazole rings is 1. The number of amides is 1. The molecule has 1 amide bonds. The molecule has 4 aromatic rings. The molecule has 6 rings (SSSR count). The number of carbonyl (C=O) groups excluding carboxylic acids is 1. The Morgan fingerprint density at radius 2 is 1.92 bits per heavy atom. The summed E-state index contributed by atoms with van der Waals surface area (Å²) in [6.45, 7) is 4.18. The molecule has 2 aliphatic heterocycles. The van der Waals surface area contributed by atoms with Gasteiger partial charge in [0.15, 0.2) is 0 Å². The predicted octanol–water partition coefficient (Wildman–Crippen LogP) is 3.20. The third-order valence-electron chi connectivity index (χ3n) is 7.21. The number of hydrogen-bond donors (Lipinski definition) is 3. The molecular formula is C26H29N9O. The molecule has 0 bridgehead atoms. The average molecular weight is 484 g/mol. The Bertz CT molecular complexity index is 1480. The average Bonchev–Trinajstić information content (AvgIpc) is 3.52. The number of pyridine rings is 1. The molecule has 0 aliphatic carbocycles. The smallest absolute Gasteiger partial charge is 0.240 e. The number of likely N-dealkylation sites (tertiary alicyclic amines) is 1. The number of nitrogens with one attached hydrogen (secondary N) is 2. The van der Waals surface area contributed by atoms with Gasteiger partial charge in [-0.1, -0.05) is 13.0 Å². The number of hydrogen-bond acceptors (Lipinski definition) is 7. The molecule has 3 aromatic heterocycles. The van der Waals surface area contributed by atoms with Crippen molar-refractivity contribution in [2.75, 3.05) is 25.9 Å². The molecule has 1 saturated heterocycles. The number of aromatic amines is 1. The number of rotatable bonds is 4. The Kier molecular flexibility index (Phi) is 5.52. The highest BCUT2D eigenvalue weighted by molar-refractivity contribution is 6.07. The summed E-state index contributed by atoms with van der Waals surface area (Å²) in [7, 11) is 2.16. The molecule has 184 valence electrons. The highest BCUT2D eigenvalue weighted by Crippen LogP contribution is 2.31. The molecule has 0 radical (unpaired) electrons. The summed E-state index contributed by atoms with van der Waals surface area (Å²) in [5.41, 5.74) is 15.0. The molecule has 1 fully saturated rings. The van der Waals surface area contributed by atoms with Crippen molar-refractivity contribution in [2.45, 2.75) is 32.2 Å². The topological polar surface area (TPSA) is 130 Å². The first-order chi connectivity index (χ1) is 17.4. The Hall–Kier alpha value is -4.05. The monoisotopic (exact) mass is 483 g/mol. The summed E-state index contributed by atoms with van der Waals surface area (Å²) < 4.78 is 2.08. The van der Waals surface area contributed by atoms with Gasteiger partial charge >= 0.3 is 0 Å². The van der Waals surface area contributed by atoms with Crippen LogP contribution in [0.5, 0.6) is 0 Å². The van der Waals surface area contributed by atoms with Gasteiger partial charge in [0.1, 0.15) is 11.6 Å². The first-order valence-electron chi connectivity index (χ1n) is 12.3. The van der Waals surface area contributed by atoms with Crippen LogP contribution in [-0.4, -0.2) is 61.4 Å². The Labute approximate surface area is 208 Å². The second-order valence-electron chi connectivity index (χ2n) is 9.85. The van der Waals surface area contributed by atoms with E-state index in [9.17, 15) is 4.79 Å². The highest BCUT2D eigenvalue weighted by Gasteiger charge is 2.23. The largest absolute Gasteiger partial charge is 0.383 e. The number of hydrazone groups is 1. The van der Waals surface area contributed by atoms with Crippen molar-refractivity contribution in [3.8, 4) is 22.5 Å². The molecule has 1 aromatic carbocycles. The maximum absolute atomic E-state index is 11.6. The summed E-state index contributed by atoms with van der Waals surface area (Å²) in [5.74, 6) is 1.05.